The van der Waals surface area contributed by atoms with Crippen LogP contribution in [0, 0.1) is 35.5 Å². The maximum atomic E-state index is 13.0. The fourth-order valence-corrected chi connectivity index (χ4v) is 7.63. The van der Waals surface area contributed by atoms with E-state index in [1.807, 2.05) is 24.3 Å². The standard InChI is InChI=1S/C28H40N2O2/c31-27(25-13-5-9-19-7-1-3-11-23(19)25)29-21-15-17-22(18-16-21)30-28(32)26-14-6-10-20-8-2-4-12-24(20)26/h15-20,23-26H,1-14H2,(H,29,31)(H,30,32). The highest BCUT2D eigenvalue weighted by Crippen LogP contribution is 2.45. The molecule has 1 aromatic carbocycles. The summed E-state index contributed by atoms with van der Waals surface area (Å²) in [6, 6.07) is 7.77. The van der Waals surface area contributed by atoms with E-state index in [4.69, 9.17) is 0 Å². The molecule has 5 rings (SSSR count). The molecule has 0 radical (unpaired) electrons. The molecule has 0 aromatic heterocycles. The van der Waals surface area contributed by atoms with Gasteiger partial charge in [-0.25, -0.2) is 0 Å². The van der Waals surface area contributed by atoms with Gasteiger partial charge in [-0.2, -0.15) is 0 Å². The van der Waals surface area contributed by atoms with Gasteiger partial charge in [0.05, 0.1) is 0 Å². The first kappa shape index (κ1) is 22.0. The number of carbonyl (C=O) groups excluding carboxylic acids is 2. The molecule has 4 aliphatic rings. The van der Waals surface area contributed by atoms with Crippen molar-refractivity contribution in [3.8, 4) is 0 Å². The van der Waals surface area contributed by atoms with Gasteiger partial charge in [0.15, 0.2) is 0 Å². The van der Waals surface area contributed by atoms with Gasteiger partial charge in [-0.3, -0.25) is 9.59 Å². The maximum absolute atomic E-state index is 13.0. The van der Waals surface area contributed by atoms with Crippen LogP contribution in [0.3, 0.4) is 0 Å². The Morgan fingerprint density at radius 3 is 1.34 bits per heavy atom. The highest BCUT2D eigenvalue weighted by atomic mass is 16.2. The van der Waals surface area contributed by atoms with Gasteiger partial charge in [0.1, 0.15) is 0 Å². The SMILES string of the molecule is O=C(Nc1ccc(NC(=O)C2CCCC3CCCCC32)cc1)C1CCCC2CCCCC21. The molecule has 4 heteroatoms. The molecule has 4 nitrogen and oxygen atoms in total. The molecule has 0 heterocycles. The van der Waals surface area contributed by atoms with Crippen molar-refractivity contribution in [1.29, 1.82) is 0 Å². The maximum Gasteiger partial charge on any atom is 0.227 e. The lowest BCUT2D eigenvalue weighted by molar-refractivity contribution is -0.125. The van der Waals surface area contributed by atoms with Crippen LogP contribution in [0.5, 0.6) is 0 Å². The number of hydrogen-bond donors (Lipinski definition) is 2. The molecule has 4 saturated carbocycles. The Bertz CT molecular complexity index is 733. The van der Waals surface area contributed by atoms with E-state index in [1.165, 1.54) is 77.0 Å². The molecule has 2 N–H and O–H groups in total. The van der Waals surface area contributed by atoms with Gasteiger partial charge in [0.25, 0.3) is 0 Å². The minimum atomic E-state index is 0.170. The van der Waals surface area contributed by atoms with E-state index >= 15 is 0 Å². The predicted octanol–water partition coefficient (Wildman–Crippen LogP) is 6.78. The van der Waals surface area contributed by atoms with Gasteiger partial charge < -0.3 is 10.6 Å². The van der Waals surface area contributed by atoms with Crippen LogP contribution in [0.1, 0.15) is 89.9 Å². The van der Waals surface area contributed by atoms with Crippen LogP contribution in [0.2, 0.25) is 0 Å². The molecule has 1 aromatic rings. The van der Waals surface area contributed by atoms with Crippen molar-refractivity contribution in [2.75, 3.05) is 10.6 Å². The van der Waals surface area contributed by atoms with E-state index < -0.39 is 0 Å². The summed E-state index contributed by atoms with van der Waals surface area (Å²) in [6.07, 6.45) is 17.4. The molecular formula is C28H40N2O2. The van der Waals surface area contributed by atoms with E-state index in [9.17, 15) is 9.59 Å². The summed E-state index contributed by atoms with van der Waals surface area (Å²) in [4.78, 5) is 26.1. The number of carbonyl (C=O) groups is 2. The normalized spacial score (nSPS) is 34.6. The third kappa shape index (κ3) is 4.75. The molecule has 6 unspecified atom stereocenters. The van der Waals surface area contributed by atoms with Gasteiger partial charge >= 0.3 is 0 Å². The van der Waals surface area contributed by atoms with Crippen molar-refractivity contribution in [2.45, 2.75) is 89.9 Å². The smallest absolute Gasteiger partial charge is 0.227 e. The number of nitrogens with one attached hydrogen (secondary N) is 2. The molecule has 0 spiro atoms. The molecule has 32 heavy (non-hydrogen) atoms. The number of amides is 2. The van der Waals surface area contributed by atoms with E-state index in [1.54, 1.807) is 0 Å². The number of anilines is 2. The average molecular weight is 437 g/mol. The van der Waals surface area contributed by atoms with Crippen molar-refractivity contribution in [1.82, 2.24) is 0 Å². The fourth-order valence-electron chi connectivity index (χ4n) is 7.63. The van der Waals surface area contributed by atoms with Crippen LogP contribution in [0.4, 0.5) is 11.4 Å². The number of fused-ring (bicyclic) bond motifs is 2. The molecule has 2 amide bonds. The van der Waals surface area contributed by atoms with Crippen LogP contribution in [0.25, 0.3) is 0 Å². The second-order valence-corrected chi connectivity index (χ2v) is 11.0. The van der Waals surface area contributed by atoms with Crippen molar-refractivity contribution < 1.29 is 9.59 Å². The average Bonchev–Trinajstić information content (AvgIpc) is 2.84. The van der Waals surface area contributed by atoms with Crippen LogP contribution >= 0.6 is 0 Å². The topological polar surface area (TPSA) is 58.2 Å². The van der Waals surface area contributed by atoms with Crippen LogP contribution in [0.15, 0.2) is 24.3 Å². The van der Waals surface area contributed by atoms with Gasteiger partial charge in [0, 0.05) is 23.2 Å². The van der Waals surface area contributed by atoms with Crippen LogP contribution < -0.4 is 10.6 Å². The van der Waals surface area contributed by atoms with Crippen LogP contribution in [-0.4, -0.2) is 11.8 Å². The lowest BCUT2D eigenvalue weighted by Crippen LogP contribution is -2.38. The summed E-state index contributed by atoms with van der Waals surface area (Å²) in [7, 11) is 0. The lowest BCUT2D eigenvalue weighted by Gasteiger charge is -2.40. The lowest BCUT2D eigenvalue weighted by atomic mass is 9.65. The molecular weight excluding hydrogens is 396 g/mol. The molecule has 6 atom stereocenters. The second-order valence-electron chi connectivity index (χ2n) is 11.0. The summed E-state index contributed by atoms with van der Waals surface area (Å²) in [5.41, 5.74) is 1.69. The first-order valence-corrected chi connectivity index (χ1v) is 13.4. The number of rotatable bonds is 4. The summed E-state index contributed by atoms with van der Waals surface area (Å²) in [5.74, 6) is 3.41. The number of benzene rings is 1. The van der Waals surface area contributed by atoms with E-state index in [0.29, 0.717) is 11.8 Å². The molecule has 0 bridgehead atoms. The van der Waals surface area contributed by atoms with Crippen molar-refractivity contribution in [3.05, 3.63) is 24.3 Å². The summed E-state index contributed by atoms with van der Waals surface area (Å²) in [6.45, 7) is 0. The zero-order valence-electron chi connectivity index (χ0n) is 19.5. The molecule has 4 fully saturated rings. The zero-order valence-corrected chi connectivity index (χ0v) is 19.5. The summed E-state index contributed by atoms with van der Waals surface area (Å²) < 4.78 is 0. The van der Waals surface area contributed by atoms with Crippen molar-refractivity contribution in [2.24, 2.45) is 35.5 Å². The monoisotopic (exact) mass is 436 g/mol. The van der Waals surface area contributed by atoms with E-state index in [2.05, 4.69) is 10.6 Å². The minimum Gasteiger partial charge on any atom is -0.326 e. The van der Waals surface area contributed by atoms with E-state index in [-0.39, 0.29) is 23.7 Å². The molecule has 0 aliphatic heterocycles. The van der Waals surface area contributed by atoms with Gasteiger partial charge in [-0.1, -0.05) is 64.2 Å². The van der Waals surface area contributed by atoms with E-state index in [0.717, 1.165) is 36.1 Å². The summed E-state index contributed by atoms with van der Waals surface area (Å²) in [5, 5.41) is 6.35. The highest BCUT2D eigenvalue weighted by molar-refractivity contribution is 5.95. The second kappa shape index (κ2) is 9.97. The Hall–Kier alpha value is -1.84. The molecule has 174 valence electrons. The van der Waals surface area contributed by atoms with Gasteiger partial charge in [-0.15, -0.1) is 0 Å². The van der Waals surface area contributed by atoms with Gasteiger partial charge in [-0.05, 0) is 73.6 Å². The van der Waals surface area contributed by atoms with Crippen molar-refractivity contribution >= 4 is 23.2 Å². The Morgan fingerprint density at radius 1 is 0.531 bits per heavy atom. The Kier molecular flexibility index (Phi) is 6.85. The quantitative estimate of drug-likeness (QED) is 0.547. The number of hydrogen-bond acceptors (Lipinski definition) is 2. The van der Waals surface area contributed by atoms with Crippen molar-refractivity contribution in [3.63, 3.8) is 0 Å². The predicted molar refractivity (Wildman–Crippen MR) is 129 cm³/mol. The third-order valence-corrected chi connectivity index (χ3v) is 9.24. The van der Waals surface area contributed by atoms with Gasteiger partial charge in [0.2, 0.25) is 11.8 Å². The minimum absolute atomic E-state index is 0.170. The fraction of sp³-hybridized carbons (Fsp3) is 0.714. The highest BCUT2D eigenvalue weighted by Gasteiger charge is 2.39. The largest absolute Gasteiger partial charge is 0.326 e. The Morgan fingerprint density at radius 2 is 0.906 bits per heavy atom. The first-order valence-electron chi connectivity index (χ1n) is 13.4. The molecule has 0 saturated heterocycles. The zero-order chi connectivity index (χ0) is 21.9. The first-order chi connectivity index (χ1) is 15.7. The molecule has 4 aliphatic carbocycles. The Labute approximate surface area is 193 Å². The van der Waals surface area contributed by atoms with Crippen LogP contribution in [-0.2, 0) is 9.59 Å². The Balaban J connectivity index is 1.17. The summed E-state index contributed by atoms with van der Waals surface area (Å²) >= 11 is 0. The third-order valence-electron chi connectivity index (χ3n) is 9.24.